The molecule has 0 bridgehead atoms. The van der Waals surface area contributed by atoms with Gasteiger partial charge in [-0.2, -0.15) is 0 Å². The van der Waals surface area contributed by atoms with Crippen LogP contribution in [0.4, 0.5) is 0 Å². The van der Waals surface area contributed by atoms with E-state index in [9.17, 15) is 0 Å². The Balaban J connectivity index is 2.36. The van der Waals surface area contributed by atoms with Crippen LogP contribution in [0.15, 0.2) is 53.3 Å². The fraction of sp³-hybridized carbons (Fsp3) is 0.0667. The van der Waals surface area contributed by atoms with E-state index in [1.807, 2.05) is 48.5 Å². The molecule has 0 aliphatic carbocycles. The standard InChI is InChI=1S/C15H11BrN2O/c1-19-13-9-5-3-7-11(13)14-10-6-2-4-8-12(10)17-15(16)18-14/h2-9H,1H3. The largest absolute Gasteiger partial charge is 0.496 e. The van der Waals surface area contributed by atoms with Gasteiger partial charge in [0.25, 0.3) is 0 Å². The molecule has 3 nitrogen and oxygen atoms in total. The summed E-state index contributed by atoms with van der Waals surface area (Å²) in [5.74, 6) is 0.804. The van der Waals surface area contributed by atoms with E-state index in [-0.39, 0.29) is 0 Å². The average Bonchev–Trinajstić information content (AvgIpc) is 2.46. The molecule has 1 heterocycles. The predicted molar refractivity (Wildman–Crippen MR) is 79.2 cm³/mol. The number of rotatable bonds is 2. The van der Waals surface area contributed by atoms with Crippen LogP contribution in [0.1, 0.15) is 0 Å². The SMILES string of the molecule is COc1ccccc1-c1nc(Br)nc2ccccc12. The fourth-order valence-corrected chi connectivity index (χ4v) is 2.46. The van der Waals surface area contributed by atoms with E-state index in [2.05, 4.69) is 25.9 Å². The van der Waals surface area contributed by atoms with Crippen molar-refractivity contribution in [3.63, 3.8) is 0 Å². The molecule has 4 heteroatoms. The molecular weight excluding hydrogens is 304 g/mol. The summed E-state index contributed by atoms with van der Waals surface area (Å²) in [4.78, 5) is 8.89. The first-order valence-corrected chi connectivity index (χ1v) is 6.64. The number of ether oxygens (including phenoxy) is 1. The van der Waals surface area contributed by atoms with Crippen LogP contribution in [-0.2, 0) is 0 Å². The molecule has 0 fully saturated rings. The van der Waals surface area contributed by atoms with Crippen LogP contribution in [0.25, 0.3) is 22.2 Å². The molecule has 1 aromatic heterocycles. The van der Waals surface area contributed by atoms with Crippen LogP contribution in [0, 0.1) is 0 Å². The van der Waals surface area contributed by atoms with E-state index in [0.717, 1.165) is 27.9 Å². The van der Waals surface area contributed by atoms with Crippen molar-refractivity contribution in [2.24, 2.45) is 0 Å². The van der Waals surface area contributed by atoms with Gasteiger partial charge in [0, 0.05) is 10.9 Å². The summed E-state index contributed by atoms with van der Waals surface area (Å²) in [5, 5.41) is 1.01. The maximum Gasteiger partial charge on any atom is 0.197 e. The maximum absolute atomic E-state index is 5.41. The minimum atomic E-state index is 0.576. The lowest BCUT2D eigenvalue weighted by Crippen LogP contribution is -1.94. The molecule has 0 spiro atoms. The van der Waals surface area contributed by atoms with E-state index in [1.165, 1.54) is 0 Å². The Hall–Kier alpha value is -1.94. The van der Waals surface area contributed by atoms with Gasteiger partial charge >= 0.3 is 0 Å². The summed E-state index contributed by atoms with van der Waals surface area (Å²) in [6, 6.07) is 15.8. The number of methoxy groups -OCH3 is 1. The van der Waals surface area contributed by atoms with Crippen LogP contribution in [0.5, 0.6) is 5.75 Å². The lowest BCUT2D eigenvalue weighted by molar-refractivity contribution is 0.416. The molecule has 0 aliphatic rings. The highest BCUT2D eigenvalue weighted by Gasteiger charge is 2.12. The number of hydrogen-bond acceptors (Lipinski definition) is 3. The van der Waals surface area contributed by atoms with Crippen molar-refractivity contribution >= 4 is 26.8 Å². The molecule has 0 N–H and O–H groups in total. The third kappa shape index (κ3) is 2.19. The first kappa shape index (κ1) is 12.1. The Morgan fingerprint density at radius 3 is 2.53 bits per heavy atom. The molecule has 0 unspecified atom stereocenters. The van der Waals surface area contributed by atoms with Crippen molar-refractivity contribution in [2.75, 3.05) is 7.11 Å². The molecule has 19 heavy (non-hydrogen) atoms. The van der Waals surface area contributed by atoms with Crippen molar-refractivity contribution < 1.29 is 4.74 Å². The van der Waals surface area contributed by atoms with Crippen molar-refractivity contribution in [3.8, 4) is 17.0 Å². The van der Waals surface area contributed by atoms with Crippen LogP contribution in [-0.4, -0.2) is 17.1 Å². The summed E-state index contributed by atoms with van der Waals surface area (Å²) in [7, 11) is 1.66. The molecule has 0 amide bonds. The van der Waals surface area contributed by atoms with Crippen LogP contribution >= 0.6 is 15.9 Å². The second-order valence-corrected chi connectivity index (χ2v) is 4.77. The third-order valence-electron chi connectivity index (χ3n) is 2.94. The van der Waals surface area contributed by atoms with Crippen LogP contribution < -0.4 is 4.74 Å². The number of para-hydroxylation sites is 2. The number of aromatic nitrogens is 2. The lowest BCUT2D eigenvalue weighted by Gasteiger charge is -2.10. The van der Waals surface area contributed by atoms with Gasteiger partial charge in [0.05, 0.1) is 18.3 Å². The highest BCUT2D eigenvalue weighted by atomic mass is 79.9. The Morgan fingerprint density at radius 1 is 0.947 bits per heavy atom. The number of fused-ring (bicyclic) bond motifs is 1. The normalized spacial score (nSPS) is 10.6. The Morgan fingerprint density at radius 2 is 1.68 bits per heavy atom. The topological polar surface area (TPSA) is 35.0 Å². The molecule has 3 rings (SSSR count). The second-order valence-electron chi connectivity index (χ2n) is 4.06. The molecule has 3 aromatic rings. The van der Waals surface area contributed by atoms with E-state index in [0.29, 0.717) is 4.73 Å². The highest BCUT2D eigenvalue weighted by Crippen LogP contribution is 2.33. The number of hydrogen-bond donors (Lipinski definition) is 0. The number of halogens is 1. The molecule has 2 aromatic carbocycles. The molecule has 0 saturated carbocycles. The summed E-state index contributed by atoms with van der Waals surface area (Å²) < 4.78 is 5.99. The summed E-state index contributed by atoms with van der Waals surface area (Å²) in [6.07, 6.45) is 0. The van der Waals surface area contributed by atoms with Gasteiger partial charge in [-0.25, -0.2) is 9.97 Å². The fourth-order valence-electron chi connectivity index (χ4n) is 2.09. The van der Waals surface area contributed by atoms with Gasteiger partial charge in [0.15, 0.2) is 4.73 Å². The van der Waals surface area contributed by atoms with Crippen molar-refractivity contribution in [3.05, 3.63) is 53.3 Å². The zero-order chi connectivity index (χ0) is 13.2. The van der Waals surface area contributed by atoms with Crippen LogP contribution in [0.3, 0.4) is 0 Å². The Kier molecular flexibility index (Phi) is 3.17. The van der Waals surface area contributed by atoms with Gasteiger partial charge < -0.3 is 4.74 Å². The number of benzene rings is 2. The minimum absolute atomic E-state index is 0.576. The first-order valence-electron chi connectivity index (χ1n) is 5.85. The molecule has 94 valence electrons. The van der Waals surface area contributed by atoms with Crippen molar-refractivity contribution in [1.82, 2.24) is 9.97 Å². The van der Waals surface area contributed by atoms with Gasteiger partial charge in [0.2, 0.25) is 0 Å². The van der Waals surface area contributed by atoms with Gasteiger partial charge in [0.1, 0.15) is 5.75 Å². The second kappa shape index (κ2) is 4.97. The quantitative estimate of drug-likeness (QED) is 0.669. The maximum atomic E-state index is 5.41. The van der Waals surface area contributed by atoms with E-state index < -0.39 is 0 Å². The molecule has 0 aliphatic heterocycles. The highest BCUT2D eigenvalue weighted by molar-refractivity contribution is 9.10. The van der Waals surface area contributed by atoms with Crippen LogP contribution in [0.2, 0.25) is 0 Å². The van der Waals surface area contributed by atoms with E-state index in [1.54, 1.807) is 7.11 Å². The summed E-state index contributed by atoms with van der Waals surface area (Å²) >= 11 is 3.36. The lowest BCUT2D eigenvalue weighted by atomic mass is 10.1. The zero-order valence-corrected chi connectivity index (χ0v) is 11.9. The third-order valence-corrected chi connectivity index (χ3v) is 3.29. The van der Waals surface area contributed by atoms with Crippen molar-refractivity contribution in [2.45, 2.75) is 0 Å². The summed E-state index contributed by atoms with van der Waals surface area (Å²) in [6.45, 7) is 0. The Bertz CT molecular complexity index is 743. The molecule has 0 atom stereocenters. The van der Waals surface area contributed by atoms with E-state index in [4.69, 9.17) is 4.74 Å². The molecule has 0 saturated heterocycles. The van der Waals surface area contributed by atoms with E-state index >= 15 is 0 Å². The first-order chi connectivity index (χ1) is 9.29. The zero-order valence-electron chi connectivity index (χ0n) is 10.3. The molecule has 0 radical (unpaired) electrons. The molecular formula is C15H11BrN2O. The minimum Gasteiger partial charge on any atom is -0.496 e. The van der Waals surface area contributed by atoms with Gasteiger partial charge in [-0.05, 0) is 34.1 Å². The summed E-state index contributed by atoms with van der Waals surface area (Å²) in [5.41, 5.74) is 2.74. The smallest absolute Gasteiger partial charge is 0.197 e. The monoisotopic (exact) mass is 314 g/mol. The van der Waals surface area contributed by atoms with Gasteiger partial charge in [-0.15, -0.1) is 0 Å². The van der Waals surface area contributed by atoms with Crippen molar-refractivity contribution in [1.29, 1.82) is 0 Å². The predicted octanol–water partition coefficient (Wildman–Crippen LogP) is 4.07. The Labute approximate surface area is 119 Å². The average molecular weight is 315 g/mol. The van der Waals surface area contributed by atoms with Gasteiger partial charge in [-0.1, -0.05) is 30.3 Å². The van der Waals surface area contributed by atoms with Gasteiger partial charge in [-0.3, -0.25) is 0 Å². The number of nitrogens with zero attached hydrogens (tertiary/aromatic N) is 2.